The molecule has 1 nitrogen and oxygen atoms in total. The first-order chi connectivity index (χ1) is 5.68. The van der Waals surface area contributed by atoms with E-state index in [-0.39, 0.29) is 5.78 Å². The summed E-state index contributed by atoms with van der Waals surface area (Å²) < 4.78 is 0. The van der Waals surface area contributed by atoms with Gasteiger partial charge in [0.05, 0.1) is 0 Å². The predicted octanol–water partition coefficient (Wildman–Crippen LogP) is 2.79. The van der Waals surface area contributed by atoms with Gasteiger partial charge in [0.25, 0.3) is 0 Å². The van der Waals surface area contributed by atoms with Gasteiger partial charge >= 0.3 is 0 Å². The third-order valence-electron chi connectivity index (χ3n) is 2.40. The first-order valence-electron chi connectivity index (χ1n) is 3.93. The number of alkyl halides is 1. The summed E-state index contributed by atoms with van der Waals surface area (Å²) >= 11 is 9.32. The number of hydrogen-bond donors (Lipinski definition) is 0. The normalized spacial score (nSPS) is 34.3. The second kappa shape index (κ2) is 3.00. The van der Waals surface area contributed by atoms with Crippen LogP contribution in [0.2, 0.25) is 0 Å². The van der Waals surface area contributed by atoms with Crippen molar-refractivity contribution in [3.63, 3.8) is 0 Å². The molecule has 1 fully saturated rings. The minimum atomic E-state index is 0.244. The lowest BCUT2D eigenvalue weighted by atomic mass is 9.94. The van der Waals surface area contributed by atoms with Gasteiger partial charge in [0, 0.05) is 27.8 Å². The molecule has 2 aliphatic rings. The van der Waals surface area contributed by atoms with Crippen LogP contribution in [0.15, 0.2) is 22.8 Å². The van der Waals surface area contributed by atoms with Gasteiger partial charge in [-0.2, -0.15) is 0 Å². The predicted molar refractivity (Wildman–Crippen MR) is 52.5 cm³/mol. The van der Waals surface area contributed by atoms with Crippen molar-refractivity contribution >= 4 is 33.3 Å². The standard InChI is InChI=1S/C9H8BrClO/c10-8-4-9(12)7-3-5(11)1-2-6(7)8/h1,3,6,8H,2,4H2. The van der Waals surface area contributed by atoms with Crippen molar-refractivity contribution < 1.29 is 4.79 Å². The molecule has 0 amide bonds. The molecular weight excluding hydrogens is 239 g/mol. The van der Waals surface area contributed by atoms with Crippen LogP contribution in [0, 0.1) is 5.92 Å². The fraction of sp³-hybridized carbons (Fsp3) is 0.444. The van der Waals surface area contributed by atoms with Crippen molar-refractivity contribution in [3.8, 4) is 0 Å². The molecule has 0 spiro atoms. The number of rotatable bonds is 0. The van der Waals surface area contributed by atoms with Crippen molar-refractivity contribution in [2.75, 3.05) is 0 Å². The molecule has 12 heavy (non-hydrogen) atoms. The molecule has 0 heterocycles. The summed E-state index contributed by atoms with van der Waals surface area (Å²) in [6.07, 6.45) is 5.29. The number of Topliss-reactive ketones (excluding diaryl/α,β-unsaturated/α-hetero) is 1. The fourth-order valence-corrected chi connectivity index (χ4v) is 2.75. The molecule has 2 atom stereocenters. The molecule has 0 aliphatic heterocycles. The van der Waals surface area contributed by atoms with Gasteiger partial charge in [-0.15, -0.1) is 0 Å². The summed E-state index contributed by atoms with van der Waals surface area (Å²) in [5.41, 5.74) is 0.907. The molecular formula is C9H8BrClO. The monoisotopic (exact) mass is 246 g/mol. The maximum Gasteiger partial charge on any atom is 0.160 e. The van der Waals surface area contributed by atoms with E-state index in [1.165, 1.54) is 0 Å². The zero-order valence-electron chi connectivity index (χ0n) is 6.39. The van der Waals surface area contributed by atoms with Crippen molar-refractivity contribution in [3.05, 3.63) is 22.8 Å². The summed E-state index contributed by atoms with van der Waals surface area (Å²) in [6.45, 7) is 0. The molecule has 0 aromatic rings. The molecule has 0 aromatic carbocycles. The van der Waals surface area contributed by atoms with E-state index in [0.29, 0.717) is 22.2 Å². The SMILES string of the molecule is O=C1CC(Br)C2CC=C(Cl)C=C12. The number of ketones is 1. The van der Waals surface area contributed by atoms with E-state index >= 15 is 0 Å². The number of halogens is 2. The van der Waals surface area contributed by atoms with Crippen LogP contribution >= 0.6 is 27.5 Å². The average Bonchev–Trinajstić information content (AvgIpc) is 2.28. The van der Waals surface area contributed by atoms with Crippen LogP contribution in [0.5, 0.6) is 0 Å². The summed E-state index contributed by atoms with van der Waals surface area (Å²) in [5.74, 6) is 0.605. The highest BCUT2D eigenvalue weighted by Crippen LogP contribution is 2.39. The number of carbonyl (C=O) groups is 1. The Morgan fingerprint density at radius 2 is 2.33 bits per heavy atom. The Labute approximate surface area is 84.6 Å². The molecule has 0 aromatic heterocycles. The van der Waals surface area contributed by atoms with Gasteiger partial charge in [0.2, 0.25) is 0 Å². The Morgan fingerprint density at radius 1 is 1.58 bits per heavy atom. The van der Waals surface area contributed by atoms with Gasteiger partial charge in [-0.05, 0) is 12.5 Å². The minimum Gasteiger partial charge on any atom is -0.294 e. The maximum absolute atomic E-state index is 11.4. The minimum absolute atomic E-state index is 0.244. The fourth-order valence-electron chi connectivity index (χ4n) is 1.75. The van der Waals surface area contributed by atoms with E-state index < -0.39 is 0 Å². The molecule has 0 bridgehead atoms. The van der Waals surface area contributed by atoms with Crippen LogP contribution in [0.3, 0.4) is 0 Å². The van der Waals surface area contributed by atoms with Crippen LogP contribution in [-0.4, -0.2) is 10.6 Å². The Morgan fingerprint density at radius 3 is 3.08 bits per heavy atom. The number of allylic oxidation sites excluding steroid dienone is 4. The van der Waals surface area contributed by atoms with Crippen LogP contribution in [0.4, 0.5) is 0 Å². The van der Waals surface area contributed by atoms with Gasteiger partial charge in [0.1, 0.15) is 0 Å². The molecule has 2 unspecified atom stereocenters. The quantitative estimate of drug-likeness (QED) is 0.602. The van der Waals surface area contributed by atoms with Crippen molar-refractivity contribution in [1.82, 2.24) is 0 Å². The first kappa shape index (κ1) is 8.52. The van der Waals surface area contributed by atoms with Crippen molar-refractivity contribution in [1.29, 1.82) is 0 Å². The van der Waals surface area contributed by atoms with Gasteiger partial charge < -0.3 is 0 Å². The van der Waals surface area contributed by atoms with E-state index in [1.54, 1.807) is 6.08 Å². The molecule has 2 rings (SSSR count). The summed E-state index contributed by atoms with van der Waals surface area (Å²) in [5, 5.41) is 0.705. The third-order valence-corrected chi connectivity index (χ3v) is 3.62. The number of fused-ring (bicyclic) bond motifs is 1. The third kappa shape index (κ3) is 1.27. The van der Waals surface area contributed by atoms with E-state index in [1.807, 2.05) is 6.08 Å². The van der Waals surface area contributed by atoms with E-state index in [4.69, 9.17) is 11.6 Å². The van der Waals surface area contributed by atoms with Gasteiger partial charge in [-0.25, -0.2) is 0 Å². The second-order valence-corrected chi connectivity index (χ2v) is 4.79. The van der Waals surface area contributed by atoms with E-state index in [0.717, 1.165) is 12.0 Å². The smallest absolute Gasteiger partial charge is 0.160 e. The molecule has 3 heteroatoms. The Kier molecular flexibility index (Phi) is 2.13. The van der Waals surface area contributed by atoms with Crippen LogP contribution < -0.4 is 0 Å². The topological polar surface area (TPSA) is 17.1 Å². The van der Waals surface area contributed by atoms with Gasteiger partial charge in [0.15, 0.2) is 5.78 Å². The lowest BCUT2D eigenvalue weighted by Crippen LogP contribution is -2.09. The van der Waals surface area contributed by atoms with Crippen LogP contribution in [0.1, 0.15) is 12.8 Å². The maximum atomic E-state index is 11.4. The Bertz CT molecular complexity index is 293. The van der Waals surface area contributed by atoms with E-state index in [2.05, 4.69) is 15.9 Å². The summed E-state index contributed by atoms with van der Waals surface area (Å²) in [4.78, 5) is 11.7. The highest BCUT2D eigenvalue weighted by Gasteiger charge is 2.36. The molecule has 0 radical (unpaired) electrons. The first-order valence-corrected chi connectivity index (χ1v) is 5.22. The van der Waals surface area contributed by atoms with Gasteiger partial charge in [-0.1, -0.05) is 33.6 Å². The molecule has 0 saturated heterocycles. The summed E-state index contributed by atoms with van der Waals surface area (Å²) in [6, 6.07) is 0. The second-order valence-electron chi connectivity index (χ2n) is 3.17. The van der Waals surface area contributed by atoms with Crippen LogP contribution in [-0.2, 0) is 4.79 Å². The highest BCUT2D eigenvalue weighted by molar-refractivity contribution is 9.09. The Hall–Kier alpha value is -0.0800. The molecule has 2 aliphatic carbocycles. The van der Waals surface area contributed by atoms with Crippen LogP contribution in [0.25, 0.3) is 0 Å². The zero-order chi connectivity index (χ0) is 8.72. The molecule has 64 valence electrons. The molecule has 1 saturated carbocycles. The zero-order valence-corrected chi connectivity index (χ0v) is 8.73. The summed E-state index contributed by atoms with van der Waals surface area (Å²) in [7, 11) is 0. The van der Waals surface area contributed by atoms with Crippen molar-refractivity contribution in [2.45, 2.75) is 17.7 Å². The number of hydrogen-bond acceptors (Lipinski definition) is 1. The average molecular weight is 248 g/mol. The lowest BCUT2D eigenvalue weighted by Gasteiger charge is -2.15. The van der Waals surface area contributed by atoms with Crippen molar-refractivity contribution in [2.24, 2.45) is 5.92 Å². The Balaban J connectivity index is 2.35. The van der Waals surface area contributed by atoms with E-state index in [9.17, 15) is 4.79 Å². The number of carbonyl (C=O) groups excluding carboxylic acids is 1. The highest BCUT2D eigenvalue weighted by atomic mass is 79.9. The lowest BCUT2D eigenvalue weighted by molar-refractivity contribution is -0.114. The van der Waals surface area contributed by atoms with Gasteiger partial charge in [-0.3, -0.25) is 4.79 Å². The largest absolute Gasteiger partial charge is 0.294 e. The molecule has 0 N–H and O–H groups in total.